The Kier molecular flexibility index (Phi) is 2.35. The molecule has 0 aliphatic rings. The third kappa shape index (κ3) is 1.64. The highest BCUT2D eigenvalue weighted by Gasteiger charge is 2.07. The number of H-pyrrole nitrogens is 1. The van der Waals surface area contributed by atoms with Crippen LogP contribution < -0.4 is 0 Å². The molecule has 0 fully saturated rings. The minimum Gasteiger partial charge on any atom is -0.354 e. The zero-order valence-corrected chi connectivity index (χ0v) is 9.44. The third-order valence-electron chi connectivity index (χ3n) is 2.92. The molecule has 3 aromatic rings. The SMILES string of the molecule is N#Cc1ccc2cc(-c3ccccc3F)[nH]c2c1. The molecular weight excluding hydrogens is 227 g/mol. The summed E-state index contributed by atoms with van der Waals surface area (Å²) in [6.45, 7) is 0. The van der Waals surface area contributed by atoms with E-state index in [2.05, 4.69) is 11.1 Å². The van der Waals surface area contributed by atoms with Crippen molar-refractivity contribution in [1.29, 1.82) is 5.26 Å². The van der Waals surface area contributed by atoms with Gasteiger partial charge in [0, 0.05) is 22.2 Å². The molecule has 0 saturated heterocycles. The molecule has 0 amide bonds. The van der Waals surface area contributed by atoms with Crippen molar-refractivity contribution in [3.8, 4) is 17.3 Å². The van der Waals surface area contributed by atoms with E-state index < -0.39 is 0 Å². The van der Waals surface area contributed by atoms with Crippen molar-refractivity contribution in [2.24, 2.45) is 0 Å². The van der Waals surface area contributed by atoms with Gasteiger partial charge in [0.2, 0.25) is 0 Å². The molecule has 0 aliphatic carbocycles. The summed E-state index contributed by atoms with van der Waals surface area (Å²) in [4.78, 5) is 3.14. The molecule has 86 valence electrons. The van der Waals surface area contributed by atoms with Crippen LogP contribution in [0.5, 0.6) is 0 Å². The second-order valence-corrected chi connectivity index (χ2v) is 4.08. The predicted molar refractivity (Wildman–Crippen MR) is 68.4 cm³/mol. The number of nitriles is 1. The summed E-state index contributed by atoms with van der Waals surface area (Å²) in [7, 11) is 0. The van der Waals surface area contributed by atoms with E-state index in [9.17, 15) is 4.39 Å². The van der Waals surface area contributed by atoms with E-state index in [4.69, 9.17) is 5.26 Å². The molecule has 1 heterocycles. The van der Waals surface area contributed by atoms with Crippen molar-refractivity contribution in [2.75, 3.05) is 0 Å². The van der Waals surface area contributed by atoms with Crippen LogP contribution in [0.4, 0.5) is 4.39 Å². The fourth-order valence-electron chi connectivity index (χ4n) is 2.02. The van der Waals surface area contributed by atoms with Gasteiger partial charge in [0.25, 0.3) is 0 Å². The monoisotopic (exact) mass is 236 g/mol. The first-order valence-corrected chi connectivity index (χ1v) is 5.56. The Morgan fingerprint density at radius 2 is 1.89 bits per heavy atom. The van der Waals surface area contributed by atoms with Gasteiger partial charge in [-0.05, 0) is 30.3 Å². The quantitative estimate of drug-likeness (QED) is 0.685. The smallest absolute Gasteiger partial charge is 0.132 e. The van der Waals surface area contributed by atoms with Crippen LogP contribution in [0.25, 0.3) is 22.2 Å². The van der Waals surface area contributed by atoms with Gasteiger partial charge in [0.05, 0.1) is 11.6 Å². The Morgan fingerprint density at radius 3 is 2.67 bits per heavy atom. The number of aromatic nitrogens is 1. The fourth-order valence-corrected chi connectivity index (χ4v) is 2.02. The van der Waals surface area contributed by atoms with E-state index in [1.54, 1.807) is 30.3 Å². The van der Waals surface area contributed by atoms with Crippen molar-refractivity contribution < 1.29 is 4.39 Å². The number of nitrogens with zero attached hydrogens (tertiary/aromatic N) is 1. The van der Waals surface area contributed by atoms with Crippen molar-refractivity contribution in [3.05, 3.63) is 59.9 Å². The number of benzene rings is 2. The van der Waals surface area contributed by atoms with Gasteiger partial charge in [-0.1, -0.05) is 18.2 Å². The van der Waals surface area contributed by atoms with E-state index in [1.807, 2.05) is 12.1 Å². The van der Waals surface area contributed by atoms with E-state index in [0.717, 1.165) is 16.6 Å². The first-order valence-electron chi connectivity index (χ1n) is 5.56. The molecule has 2 aromatic carbocycles. The number of aromatic amines is 1. The van der Waals surface area contributed by atoms with E-state index in [-0.39, 0.29) is 5.82 Å². The van der Waals surface area contributed by atoms with Crippen molar-refractivity contribution in [2.45, 2.75) is 0 Å². The van der Waals surface area contributed by atoms with Crippen LogP contribution in [0.2, 0.25) is 0 Å². The molecule has 1 aromatic heterocycles. The van der Waals surface area contributed by atoms with Gasteiger partial charge < -0.3 is 4.98 Å². The lowest BCUT2D eigenvalue weighted by Gasteiger charge is -1.98. The van der Waals surface area contributed by atoms with Crippen molar-refractivity contribution >= 4 is 10.9 Å². The molecule has 1 N–H and O–H groups in total. The van der Waals surface area contributed by atoms with Gasteiger partial charge in [0.15, 0.2) is 0 Å². The van der Waals surface area contributed by atoms with E-state index in [0.29, 0.717) is 11.1 Å². The Morgan fingerprint density at radius 1 is 1.06 bits per heavy atom. The lowest BCUT2D eigenvalue weighted by Crippen LogP contribution is -1.82. The topological polar surface area (TPSA) is 39.6 Å². The number of rotatable bonds is 1. The summed E-state index contributed by atoms with van der Waals surface area (Å²) >= 11 is 0. The summed E-state index contributed by atoms with van der Waals surface area (Å²) in [6, 6.07) is 16.0. The highest BCUT2D eigenvalue weighted by atomic mass is 19.1. The van der Waals surface area contributed by atoms with Crippen LogP contribution >= 0.6 is 0 Å². The highest BCUT2D eigenvalue weighted by Crippen LogP contribution is 2.26. The number of nitrogens with one attached hydrogen (secondary N) is 1. The van der Waals surface area contributed by atoms with Gasteiger partial charge in [-0.25, -0.2) is 4.39 Å². The maximum Gasteiger partial charge on any atom is 0.132 e. The van der Waals surface area contributed by atoms with Gasteiger partial charge in [-0.3, -0.25) is 0 Å². The molecule has 0 unspecified atom stereocenters. The molecule has 2 nitrogen and oxygen atoms in total. The van der Waals surface area contributed by atoms with Gasteiger partial charge in [-0.15, -0.1) is 0 Å². The minimum atomic E-state index is -0.260. The molecule has 3 heteroatoms. The molecule has 18 heavy (non-hydrogen) atoms. The maximum absolute atomic E-state index is 13.7. The Balaban J connectivity index is 2.20. The molecule has 0 radical (unpaired) electrons. The third-order valence-corrected chi connectivity index (χ3v) is 2.92. The highest BCUT2D eigenvalue weighted by molar-refractivity contribution is 5.86. The Hall–Kier alpha value is -2.60. The average molecular weight is 236 g/mol. The van der Waals surface area contributed by atoms with Crippen LogP contribution in [-0.2, 0) is 0 Å². The maximum atomic E-state index is 13.7. The molecule has 0 spiro atoms. The Bertz CT molecular complexity index is 766. The van der Waals surface area contributed by atoms with Crippen LogP contribution in [0, 0.1) is 17.1 Å². The standard InChI is InChI=1S/C15H9FN2/c16-13-4-2-1-3-12(13)15-8-11-6-5-10(9-17)7-14(11)18-15/h1-8,18H. The number of halogens is 1. The fraction of sp³-hybridized carbons (Fsp3) is 0. The molecule has 0 saturated carbocycles. The lowest BCUT2D eigenvalue weighted by atomic mass is 10.1. The van der Waals surface area contributed by atoms with Crippen LogP contribution in [0.15, 0.2) is 48.5 Å². The first kappa shape index (κ1) is 10.5. The van der Waals surface area contributed by atoms with Gasteiger partial charge in [0.1, 0.15) is 5.82 Å². The minimum absolute atomic E-state index is 0.260. The largest absolute Gasteiger partial charge is 0.354 e. The van der Waals surface area contributed by atoms with Gasteiger partial charge in [-0.2, -0.15) is 5.26 Å². The second kappa shape index (κ2) is 4.01. The summed E-state index contributed by atoms with van der Waals surface area (Å²) < 4.78 is 13.7. The molecule has 0 aliphatic heterocycles. The van der Waals surface area contributed by atoms with Crippen LogP contribution in [-0.4, -0.2) is 4.98 Å². The van der Waals surface area contributed by atoms with Gasteiger partial charge >= 0.3 is 0 Å². The average Bonchev–Trinajstić information content (AvgIpc) is 2.81. The molecule has 0 bridgehead atoms. The summed E-state index contributed by atoms with van der Waals surface area (Å²) in [5, 5.41) is 9.81. The summed E-state index contributed by atoms with van der Waals surface area (Å²) in [5.74, 6) is -0.260. The normalized spacial score (nSPS) is 10.4. The molecular formula is C15H9FN2. The second-order valence-electron chi connectivity index (χ2n) is 4.08. The summed E-state index contributed by atoms with van der Waals surface area (Å²) in [5.41, 5.74) is 2.68. The van der Waals surface area contributed by atoms with E-state index in [1.165, 1.54) is 6.07 Å². The Labute approximate surface area is 103 Å². The number of hydrogen-bond donors (Lipinski definition) is 1. The summed E-state index contributed by atoms with van der Waals surface area (Å²) in [6.07, 6.45) is 0. The van der Waals surface area contributed by atoms with E-state index >= 15 is 0 Å². The molecule has 3 rings (SSSR count). The zero-order valence-electron chi connectivity index (χ0n) is 9.44. The number of fused-ring (bicyclic) bond motifs is 1. The van der Waals surface area contributed by atoms with Crippen molar-refractivity contribution in [3.63, 3.8) is 0 Å². The predicted octanol–water partition coefficient (Wildman–Crippen LogP) is 3.85. The van der Waals surface area contributed by atoms with Crippen LogP contribution in [0.3, 0.4) is 0 Å². The van der Waals surface area contributed by atoms with Crippen LogP contribution in [0.1, 0.15) is 5.56 Å². The molecule has 0 atom stereocenters. The van der Waals surface area contributed by atoms with Crippen molar-refractivity contribution in [1.82, 2.24) is 4.98 Å². The zero-order chi connectivity index (χ0) is 12.5. The lowest BCUT2D eigenvalue weighted by molar-refractivity contribution is 0.631. The number of hydrogen-bond acceptors (Lipinski definition) is 1. The first-order chi connectivity index (χ1) is 8.78.